The molecule has 3 heteroatoms. The molecule has 2 nitrogen and oxygen atoms in total. The summed E-state index contributed by atoms with van der Waals surface area (Å²) < 4.78 is 26.9. The second kappa shape index (κ2) is 9.73. The van der Waals surface area contributed by atoms with Gasteiger partial charge in [0.25, 0.3) is 0 Å². The molecule has 6 atom stereocenters. The van der Waals surface area contributed by atoms with E-state index in [0.29, 0.717) is 11.8 Å². The molecule has 0 spiro atoms. The first kappa shape index (κ1) is 21.2. The average Bonchev–Trinajstić information content (AvgIpc) is 3.08. The molecule has 0 aromatic carbocycles. The highest BCUT2D eigenvalue weighted by molar-refractivity contribution is 7.93. The largest absolute Gasteiger partial charge is 0.228 e. The Morgan fingerprint density at radius 2 is 1.15 bits per heavy atom. The van der Waals surface area contributed by atoms with Gasteiger partial charge in [-0.3, -0.25) is 0 Å². The van der Waals surface area contributed by atoms with Gasteiger partial charge in [-0.25, -0.2) is 8.42 Å². The molecule has 0 N–H and O–H groups in total. The second-order valence-corrected chi connectivity index (χ2v) is 10.4. The topological polar surface area (TPSA) is 34.1 Å². The number of rotatable bonds is 12. The third kappa shape index (κ3) is 4.24. The molecule has 1 aliphatic heterocycles. The summed E-state index contributed by atoms with van der Waals surface area (Å²) in [4.78, 5) is 0. The van der Waals surface area contributed by atoms with Gasteiger partial charge in [-0.2, -0.15) is 0 Å². The monoisotopic (exact) mass is 376 g/mol. The molecule has 1 aliphatic carbocycles. The van der Waals surface area contributed by atoms with E-state index in [4.69, 9.17) is 0 Å². The van der Waals surface area contributed by atoms with Gasteiger partial charge in [0.05, 0.1) is 10.5 Å². The Kier molecular flexibility index (Phi) is 7.94. The van der Waals surface area contributed by atoms with Gasteiger partial charge < -0.3 is 0 Å². The number of unbranched alkanes of at least 4 members (excludes halogenated alkanes) is 4. The van der Waals surface area contributed by atoms with E-state index in [1.54, 1.807) is 0 Å². The van der Waals surface area contributed by atoms with Gasteiger partial charge >= 0.3 is 0 Å². The first-order valence-corrected chi connectivity index (χ1v) is 11.8. The Morgan fingerprint density at radius 3 is 1.50 bits per heavy atom. The fourth-order valence-corrected chi connectivity index (χ4v) is 8.48. The van der Waals surface area contributed by atoms with Gasteiger partial charge in [-0.05, 0) is 68.6 Å². The molecule has 1 saturated heterocycles. The van der Waals surface area contributed by atoms with Crippen LogP contribution in [0.3, 0.4) is 0 Å². The molecule has 0 radical (unpaired) electrons. The Bertz CT molecular complexity index is 558. The first-order chi connectivity index (χ1) is 12.5. The molecular weight excluding hydrogens is 340 g/mol. The van der Waals surface area contributed by atoms with Crippen LogP contribution in [0, 0.1) is 23.7 Å². The fourth-order valence-electron chi connectivity index (χ4n) is 5.40. The van der Waals surface area contributed by atoms with Crippen LogP contribution in [0.5, 0.6) is 0 Å². The van der Waals surface area contributed by atoms with E-state index in [1.807, 2.05) is 24.3 Å². The zero-order valence-electron chi connectivity index (χ0n) is 16.2. The van der Waals surface area contributed by atoms with Gasteiger partial charge in [-0.15, -0.1) is 26.3 Å². The first-order valence-electron chi connectivity index (χ1n) is 10.2. The van der Waals surface area contributed by atoms with E-state index < -0.39 is 9.84 Å². The standard InChI is InChI=1S/C23H36O2S/c1-5-9-11-13-15-20-22-18(7-3)17-19(8-4)23(22)21(26(20,24)25)16-14-12-10-6-2/h5-8,18-23H,1-4,9-17H2/t18-,19+,20+,21-,22+,23-. The van der Waals surface area contributed by atoms with E-state index in [9.17, 15) is 8.42 Å². The van der Waals surface area contributed by atoms with Crippen molar-refractivity contribution in [1.82, 2.24) is 0 Å². The van der Waals surface area contributed by atoms with Crippen LogP contribution in [0.25, 0.3) is 0 Å². The smallest absolute Gasteiger partial charge is 0.156 e. The minimum absolute atomic E-state index is 0.199. The Hall–Kier alpha value is -1.09. The van der Waals surface area contributed by atoms with Crippen LogP contribution < -0.4 is 0 Å². The molecule has 2 aliphatic rings. The Morgan fingerprint density at radius 1 is 0.731 bits per heavy atom. The van der Waals surface area contributed by atoms with Gasteiger partial charge in [0.2, 0.25) is 0 Å². The summed E-state index contributed by atoms with van der Waals surface area (Å²) in [6.45, 7) is 15.6. The lowest BCUT2D eigenvalue weighted by molar-refractivity contribution is 0.314. The molecule has 2 rings (SSSR count). The molecule has 0 amide bonds. The van der Waals surface area contributed by atoms with Crippen LogP contribution in [0.2, 0.25) is 0 Å². The summed E-state index contributed by atoms with van der Waals surface area (Å²) in [6.07, 6.45) is 16.4. The lowest BCUT2D eigenvalue weighted by Gasteiger charge is -2.22. The zero-order valence-corrected chi connectivity index (χ0v) is 17.0. The second-order valence-electron chi connectivity index (χ2n) is 8.00. The van der Waals surface area contributed by atoms with Crippen molar-refractivity contribution in [3.63, 3.8) is 0 Å². The van der Waals surface area contributed by atoms with Gasteiger partial charge in [0.1, 0.15) is 0 Å². The predicted octanol–water partition coefficient (Wildman–Crippen LogP) is 5.89. The predicted molar refractivity (Wildman–Crippen MR) is 113 cm³/mol. The number of hydrogen-bond acceptors (Lipinski definition) is 2. The van der Waals surface area contributed by atoms with E-state index in [-0.39, 0.29) is 22.3 Å². The SMILES string of the molecule is C=CCCCC[C@@H]1[C@@H]2[C@@H]([C@H](C=C)C[C@@H]2C=C)[C@H](CCCCC=C)S1(=O)=O. The molecule has 2 fully saturated rings. The average molecular weight is 377 g/mol. The minimum Gasteiger partial charge on any atom is -0.228 e. The van der Waals surface area contributed by atoms with Crippen LogP contribution in [0.15, 0.2) is 50.6 Å². The third-order valence-electron chi connectivity index (χ3n) is 6.58. The number of allylic oxidation sites excluding steroid dienone is 4. The van der Waals surface area contributed by atoms with E-state index >= 15 is 0 Å². The normalized spacial score (nSPS) is 34.9. The maximum absolute atomic E-state index is 13.4. The number of fused-ring (bicyclic) bond motifs is 1. The maximum Gasteiger partial charge on any atom is 0.156 e. The summed E-state index contributed by atoms with van der Waals surface area (Å²) in [5, 5.41) is -0.399. The number of sulfone groups is 1. The molecule has 1 heterocycles. The minimum atomic E-state index is -3.09. The van der Waals surface area contributed by atoms with Gasteiger partial charge in [0, 0.05) is 0 Å². The van der Waals surface area contributed by atoms with Crippen molar-refractivity contribution in [2.45, 2.75) is 68.3 Å². The lowest BCUT2D eigenvalue weighted by atomic mass is 9.80. The highest BCUT2D eigenvalue weighted by Gasteiger charge is 2.60. The molecular formula is C23H36O2S. The third-order valence-corrected chi connectivity index (χ3v) is 9.37. The quantitative estimate of drug-likeness (QED) is 0.314. The van der Waals surface area contributed by atoms with Crippen molar-refractivity contribution in [3.05, 3.63) is 50.6 Å². The van der Waals surface area contributed by atoms with Crippen molar-refractivity contribution in [1.29, 1.82) is 0 Å². The molecule has 1 saturated carbocycles. The Labute approximate surface area is 161 Å². The van der Waals surface area contributed by atoms with E-state index in [1.165, 1.54) is 0 Å². The van der Waals surface area contributed by atoms with Crippen molar-refractivity contribution in [2.75, 3.05) is 0 Å². The molecule has 0 aromatic heterocycles. The molecule has 0 aromatic rings. The van der Waals surface area contributed by atoms with Gasteiger partial charge in [-0.1, -0.05) is 37.1 Å². The van der Waals surface area contributed by atoms with Crippen molar-refractivity contribution < 1.29 is 8.42 Å². The zero-order chi connectivity index (χ0) is 19.2. The van der Waals surface area contributed by atoms with Crippen LogP contribution >= 0.6 is 0 Å². The summed E-state index contributed by atoms with van der Waals surface area (Å²) >= 11 is 0. The summed E-state index contributed by atoms with van der Waals surface area (Å²) in [5.41, 5.74) is 0. The van der Waals surface area contributed by atoms with Crippen molar-refractivity contribution >= 4 is 9.84 Å². The lowest BCUT2D eigenvalue weighted by Crippen LogP contribution is -2.29. The van der Waals surface area contributed by atoms with Crippen molar-refractivity contribution in [2.24, 2.45) is 23.7 Å². The highest BCUT2D eigenvalue weighted by Crippen LogP contribution is 2.56. The Balaban J connectivity index is 2.23. The maximum atomic E-state index is 13.4. The number of hydrogen-bond donors (Lipinski definition) is 0. The van der Waals surface area contributed by atoms with Gasteiger partial charge in [0.15, 0.2) is 9.84 Å². The van der Waals surface area contributed by atoms with E-state index in [2.05, 4.69) is 26.3 Å². The summed E-state index contributed by atoms with van der Waals surface area (Å²) in [6, 6.07) is 0. The summed E-state index contributed by atoms with van der Waals surface area (Å²) in [7, 11) is -3.09. The van der Waals surface area contributed by atoms with Crippen LogP contribution in [0.1, 0.15) is 57.8 Å². The van der Waals surface area contributed by atoms with Crippen LogP contribution in [-0.2, 0) is 9.84 Å². The van der Waals surface area contributed by atoms with Crippen LogP contribution in [0.4, 0.5) is 0 Å². The summed E-state index contributed by atoms with van der Waals surface area (Å²) in [5.74, 6) is 1.07. The molecule has 26 heavy (non-hydrogen) atoms. The molecule has 146 valence electrons. The molecule has 0 bridgehead atoms. The van der Waals surface area contributed by atoms with Crippen molar-refractivity contribution in [3.8, 4) is 0 Å². The fraction of sp³-hybridized carbons (Fsp3) is 0.652. The highest BCUT2D eigenvalue weighted by atomic mass is 32.2. The van der Waals surface area contributed by atoms with Crippen LogP contribution in [-0.4, -0.2) is 18.9 Å². The van der Waals surface area contributed by atoms with E-state index in [0.717, 1.165) is 57.8 Å². The molecule has 0 unspecified atom stereocenters.